The van der Waals surface area contributed by atoms with E-state index in [0.29, 0.717) is 24.2 Å². The summed E-state index contributed by atoms with van der Waals surface area (Å²) < 4.78 is 63.2. The molecule has 0 radical (unpaired) electrons. The van der Waals surface area contributed by atoms with Gasteiger partial charge in [-0.3, -0.25) is 9.59 Å². The Bertz CT molecular complexity index is 1010. The van der Waals surface area contributed by atoms with Crippen molar-refractivity contribution in [3.8, 4) is 0 Å². The number of allylic oxidation sites excluding steroid dienone is 2. The minimum atomic E-state index is -5.98. The maximum atomic E-state index is 14.7. The molecule has 7 rings (SSSR count). The van der Waals surface area contributed by atoms with Crippen LogP contribution in [-0.4, -0.2) is 43.1 Å². The molecule has 7 aliphatic rings. The highest BCUT2D eigenvalue weighted by molar-refractivity contribution is 7.88. The van der Waals surface area contributed by atoms with Crippen LogP contribution in [0.1, 0.15) is 44.9 Å². The van der Waals surface area contributed by atoms with Gasteiger partial charge in [-0.1, -0.05) is 12.2 Å². The first-order valence-corrected chi connectivity index (χ1v) is 13.0. The third kappa shape index (κ3) is 3.07. The summed E-state index contributed by atoms with van der Waals surface area (Å²) in [7, 11) is -5.98. The Hall–Kier alpha value is -1.88. The van der Waals surface area contributed by atoms with Gasteiger partial charge >= 0.3 is 21.3 Å². The third-order valence-electron chi connectivity index (χ3n) is 8.83. The summed E-state index contributed by atoms with van der Waals surface area (Å²) in [5.41, 5.74) is -0.379. The third-order valence-corrected chi connectivity index (χ3v) is 9.97. The number of nitrogens with zero attached hydrogens (tertiary/aromatic N) is 1. The number of esters is 1. The van der Waals surface area contributed by atoms with E-state index in [1.807, 2.05) is 0 Å². The van der Waals surface area contributed by atoms with Gasteiger partial charge in [0.05, 0.1) is 18.4 Å². The zero-order valence-electron chi connectivity index (χ0n) is 17.8. The average Bonchev–Trinajstić information content (AvgIpc) is 3.41. The number of amides is 2. The van der Waals surface area contributed by atoms with Gasteiger partial charge in [-0.05, 0) is 74.5 Å². The van der Waals surface area contributed by atoms with Crippen molar-refractivity contribution in [1.82, 2.24) is 5.06 Å². The van der Waals surface area contributed by atoms with E-state index in [2.05, 4.69) is 4.28 Å². The first kappa shape index (κ1) is 21.6. The van der Waals surface area contributed by atoms with Gasteiger partial charge < -0.3 is 4.74 Å². The number of ether oxygens (including phenoxy) is 1. The number of carbonyl (C=O) groups excluding carboxylic acids is 3. The molecule has 5 saturated carbocycles. The summed E-state index contributed by atoms with van der Waals surface area (Å²) in [5, 5.41) is -5.15. The summed E-state index contributed by atoms with van der Waals surface area (Å²) >= 11 is 0. The van der Waals surface area contributed by atoms with Crippen LogP contribution in [0.25, 0.3) is 0 Å². The zero-order valence-corrected chi connectivity index (χ0v) is 18.6. The lowest BCUT2D eigenvalue weighted by molar-refractivity contribution is -0.177. The van der Waals surface area contributed by atoms with E-state index in [0.717, 1.165) is 38.5 Å². The summed E-state index contributed by atoms with van der Waals surface area (Å²) in [6, 6.07) is 0. The minimum Gasteiger partial charge on any atom is -0.460 e. The highest BCUT2D eigenvalue weighted by Crippen LogP contribution is 2.60. The normalized spacial score (nSPS) is 43.0. The highest BCUT2D eigenvalue weighted by atomic mass is 32.2. The van der Waals surface area contributed by atoms with Crippen LogP contribution in [0.5, 0.6) is 0 Å². The molecule has 4 unspecified atom stereocenters. The number of hydrogen-bond acceptors (Lipinski definition) is 7. The second-order valence-electron chi connectivity index (χ2n) is 11.0. The molecule has 180 valence electrons. The lowest BCUT2D eigenvalue weighted by Crippen LogP contribution is -2.50. The summed E-state index contributed by atoms with van der Waals surface area (Å²) in [4.78, 5) is 37.4. The summed E-state index contributed by atoms with van der Waals surface area (Å²) in [6.07, 6.45) is 9.83. The molecular formula is C22H25F2NO7S. The van der Waals surface area contributed by atoms with Gasteiger partial charge in [0, 0.05) is 5.41 Å². The van der Waals surface area contributed by atoms with Gasteiger partial charge in [0.1, 0.15) is 0 Å². The van der Waals surface area contributed by atoms with E-state index in [1.54, 1.807) is 12.2 Å². The Morgan fingerprint density at radius 2 is 1.45 bits per heavy atom. The fourth-order valence-electron chi connectivity index (χ4n) is 7.96. The van der Waals surface area contributed by atoms with Crippen LogP contribution in [-0.2, 0) is 33.5 Å². The van der Waals surface area contributed by atoms with Crippen molar-refractivity contribution in [2.75, 3.05) is 6.61 Å². The van der Waals surface area contributed by atoms with Gasteiger partial charge in [-0.25, -0.2) is 4.79 Å². The van der Waals surface area contributed by atoms with Crippen LogP contribution >= 0.6 is 0 Å². The molecule has 1 saturated heterocycles. The number of rotatable bonds is 6. The Labute approximate surface area is 189 Å². The van der Waals surface area contributed by atoms with Crippen LogP contribution in [0.2, 0.25) is 0 Å². The monoisotopic (exact) mass is 485 g/mol. The van der Waals surface area contributed by atoms with Crippen molar-refractivity contribution in [3.63, 3.8) is 0 Å². The number of hydrogen-bond donors (Lipinski definition) is 0. The lowest BCUT2D eigenvalue weighted by Gasteiger charge is -2.56. The molecule has 0 spiro atoms. The molecule has 0 aromatic carbocycles. The van der Waals surface area contributed by atoms with E-state index >= 15 is 0 Å². The van der Waals surface area contributed by atoms with E-state index in [1.165, 1.54) is 0 Å². The fraction of sp³-hybridized carbons (Fsp3) is 0.773. The van der Waals surface area contributed by atoms with Crippen molar-refractivity contribution in [1.29, 1.82) is 0 Å². The molecule has 6 fully saturated rings. The van der Waals surface area contributed by atoms with E-state index < -0.39 is 45.0 Å². The zero-order chi connectivity index (χ0) is 23.3. The molecule has 6 aliphatic carbocycles. The SMILES string of the molecule is O=C1C2C3C=CC(C3)C2C(=O)N1OS(=O)(=O)C(F)(F)C(=O)OCC12CC3CC(CC(C3)C1)C2. The van der Waals surface area contributed by atoms with Crippen LogP contribution < -0.4 is 0 Å². The van der Waals surface area contributed by atoms with Crippen LogP contribution in [0.4, 0.5) is 8.78 Å². The molecule has 0 N–H and O–H groups in total. The van der Waals surface area contributed by atoms with E-state index in [9.17, 15) is 31.6 Å². The van der Waals surface area contributed by atoms with Crippen molar-refractivity contribution >= 4 is 27.9 Å². The van der Waals surface area contributed by atoms with Crippen molar-refractivity contribution in [2.45, 2.75) is 50.2 Å². The molecule has 4 atom stereocenters. The Balaban J connectivity index is 1.14. The molecular weight excluding hydrogens is 460 g/mol. The number of fused-ring (bicyclic) bond motifs is 5. The Morgan fingerprint density at radius 3 is 1.94 bits per heavy atom. The van der Waals surface area contributed by atoms with E-state index in [4.69, 9.17) is 4.74 Å². The predicted octanol–water partition coefficient (Wildman–Crippen LogP) is 2.41. The van der Waals surface area contributed by atoms with Crippen LogP contribution in [0.15, 0.2) is 12.2 Å². The molecule has 33 heavy (non-hydrogen) atoms. The predicted molar refractivity (Wildman–Crippen MR) is 106 cm³/mol. The summed E-state index contributed by atoms with van der Waals surface area (Å²) in [5.74, 6) is -4.82. The average molecular weight is 486 g/mol. The second kappa shape index (κ2) is 6.84. The lowest BCUT2D eigenvalue weighted by atomic mass is 9.50. The fourth-order valence-corrected chi connectivity index (χ4v) is 8.66. The quantitative estimate of drug-likeness (QED) is 0.323. The highest BCUT2D eigenvalue weighted by Gasteiger charge is 2.64. The van der Waals surface area contributed by atoms with Gasteiger partial charge in [0.25, 0.3) is 11.8 Å². The van der Waals surface area contributed by atoms with Gasteiger partial charge in [0.15, 0.2) is 0 Å². The number of halogens is 2. The topological polar surface area (TPSA) is 107 Å². The van der Waals surface area contributed by atoms with Gasteiger partial charge in [0.2, 0.25) is 0 Å². The molecule has 1 heterocycles. The van der Waals surface area contributed by atoms with E-state index in [-0.39, 0.29) is 28.9 Å². The number of imide groups is 1. The van der Waals surface area contributed by atoms with Crippen LogP contribution in [0, 0.1) is 46.8 Å². The molecule has 2 amide bonds. The number of alkyl halides is 2. The number of carbonyl (C=O) groups is 3. The van der Waals surface area contributed by atoms with Crippen molar-refractivity contribution in [2.24, 2.45) is 46.8 Å². The number of hydroxylamine groups is 2. The molecule has 6 bridgehead atoms. The van der Waals surface area contributed by atoms with Crippen LogP contribution in [0.3, 0.4) is 0 Å². The largest absolute Gasteiger partial charge is 0.467 e. The Morgan fingerprint density at radius 1 is 0.970 bits per heavy atom. The maximum absolute atomic E-state index is 14.7. The molecule has 0 aromatic heterocycles. The molecule has 11 heteroatoms. The van der Waals surface area contributed by atoms with Gasteiger partial charge in [-0.2, -0.15) is 17.2 Å². The van der Waals surface area contributed by atoms with Crippen molar-refractivity contribution < 1.29 is 40.6 Å². The second-order valence-corrected chi connectivity index (χ2v) is 12.6. The summed E-state index contributed by atoms with van der Waals surface area (Å²) in [6.45, 7) is -0.263. The molecule has 8 nitrogen and oxygen atoms in total. The Kier molecular flexibility index (Phi) is 4.48. The maximum Gasteiger partial charge on any atom is 0.467 e. The van der Waals surface area contributed by atoms with Crippen molar-refractivity contribution in [3.05, 3.63) is 12.2 Å². The van der Waals surface area contributed by atoms with Gasteiger partial charge in [-0.15, -0.1) is 9.35 Å². The first-order valence-electron chi connectivity index (χ1n) is 11.5. The molecule has 1 aliphatic heterocycles. The minimum absolute atomic E-state index is 0.100. The first-order chi connectivity index (χ1) is 15.5. The standard InChI is InChI=1S/C22H25F2NO7S/c23-22(24,20(28)31-10-21-7-11-3-12(8-21)5-13(4-11)9-21)33(29,30)32-25-18(26)16-14-1-2-15(6-14)17(16)19(25)27/h1-2,11-17H,3-10H2. The molecule has 0 aromatic rings. The smallest absolute Gasteiger partial charge is 0.460 e.